The number of rotatable bonds is 1. The van der Waals surface area contributed by atoms with E-state index >= 15 is 0 Å². The van der Waals surface area contributed by atoms with Gasteiger partial charge in [-0.15, -0.1) is 0 Å². The van der Waals surface area contributed by atoms with Gasteiger partial charge in [0.25, 0.3) is 0 Å². The van der Waals surface area contributed by atoms with E-state index in [1.165, 1.54) is 12.0 Å². The summed E-state index contributed by atoms with van der Waals surface area (Å²) in [7, 11) is 0. The van der Waals surface area contributed by atoms with Crippen molar-refractivity contribution in [2.24, 2.45) is 5.41 Å². The zero-order chi connectivity index (χ0) is 10.2. The Morgan fingerprint density at radius 2 is 1.93 bits per heavy atom. The molecule has 2 nitrogen and oxygen atoms in total. The predicted molar refractivity (Wildman–Crippen MR) is 56.9 cm³/mol. The van der Waals surface area contributed by atoms with Gasteiger partial charge in [0.1, 0.15) is 0 Å². The summed E-state index contributed by atoms with van der Waals surface area (Å²) in [5, 5.41) is 0. The molecule has 2 fully saturated rings. The maximum absolute atomic E-state index is 12.1. The fourth-order valence-electron chi connectivity index (χ4n) is 2.33. The molecule has 78 valence electrons. The van der Waals surface area contributed by atoms with E-state index in [1.54, 1.807) is 0 Å². The smallest absolute Gasteiger partial charge is 0.228 e. The van der Waals surface area contributed by atoms with E-state index in [-0.39, 0.29) is 5.41 Å². The van der Waals surface area contributed by atoms with E-state index in [4.69, 9.17) is 0 Å². The van der Waals surface area contributed by atoms with E-state index in [2.05, 4.69) is 13.5 Å². The molecule has 0 radical (unpaired) electrons. The van der Waals surface area contributed by atoms with E-state index in [9.17, 15) is 4.79 Å². The van der Waals surface area contributed by atoms with Crippen molar-refractivity contribution in [2.75, 3.05) is 13.1 Å². The average Bonchev–Trinajstić information content (AvgIpc) is 2.14. The SMILES string of the molecule is C=C1CCN(C(=O)C2(C)CCC2)CC1. The molecular weight excluding hydrogens is 174 g/mol. The summed E-state index contributed by atoms with van der Waals surface area (Å²) in [6.45, 7) is 7.87. The van der Waals surface area contributed by atoms with E-state index in [1.807, 2.05) is 4.90 Å². The maximum Gasteiger partial charge on any atom is 0.228 e. The highest BCUT2D eigenvalue weighted by molar-refractivity contribution is 5.83. The molecule has 0 spiro atoms. The third kappa shape index (κ3) is 1.58. The van der Waals surface area contributed by atoms with Gasteiger partial charge in [0.15, 0.2) is 0 Å². The normalized spacial score (nSPS) is 25.8. The second-order valence-corrected chi connectivity index (χ2v) is 4.96. The molecule has 1 aliphatic carbocycles. The standard InChI is InChI=1S/C12H19NO/c1-10-4-8-13(9-5-10)11(14)12(2)6-3-7-12/h1,3-9H2,2H3. The van der Waals surface area contributed by atoms with Crippen molar-refractivity contribution in [3.63, 3.8) is 0 Å². The van der Waals surface area contributed by atoms with Crippen molar-refractivity contribution in [1.82, 2.24) is 4.90 Å². The lowest BCUT2D eigenvalue weighted by molar-refractivity contribution is -0.146. The Balaban J connectivity index is 1.95. The highest BCUT2D eigenvalue weighted by Crippen LogP contribution is 2.42. The van der Waals surface area contributed by atoms with Crippen LogP contribution in [0.3, 0.4) is 0 Å². The number of piperidine rings is 1. The Morgan fingerprint density at radius 3 is 2.36 bits per heavy atom. The summed E-state index contributed by atoms with van der Waals surface area (Å²) < 4.78 is 0. The number of hydrogen-bond donors (Lipinski definition) is 0. The molecule has 0 aromatic heterocycles. The van der Waals surface area contributed by atoms with Gasteiger partial charge in [-0.05, 0) is 25.7 Å². The molecule has 0 atom stereocenters. The summed E-state index contributed by atoms with van der Waals surface area (Å²) in [6.07, 6.45) is 5.40. The zero-order valence-corrected chi connectivity index (χ0v) is 9.01. The predicted octanol–water partition coefficient (Wildman–Crippen LogP) is 2.36. The highest BCUT2D eigenvalue weighted by Gasteiger charge is 2.41. The van der Waals surface area contributed by atoms with Crippen LogP contribution >= 0.6 is 0 Å². The maximum atomic E-state index is 12.1. The molecule has 14 heavy (non-hydrogen) atoms. The molecule has 0 N–H and O–H groups in total. The van der Waals surface area contributed by atoms with Gasteiger partial charge in [-0.2, -0.15) is 0 Å². The molecule has 2 rings (SSSR count). The molecule has 0 aromatic rings. The van der Waals surface area contributed by atoms with Crippen LogP contribution in [0.1, 0.15) is 39.0 Å². The first-order valence-electron chi connectivity index (χ1n) is 5.58. The second kappa shape index (κ2) is 3.41. The van der Waals surface area contributed by atoms with Gasteiger partial charge in [-0.3, -0.25) is 4.79 Å². The molecular formula is C12H19NO. The first-order valence-corrected chi connectivity index (χ1v) is 5.58. The third-order valence-corrected chi connectivity index (χ3v) is 3.73. The third-order valence-electron chi connectivity index (χ3n) is 3.73. The Hall–Kier alpha value is -0.790. The van der Waals surface area contributed by atoms with Crippen molar-refractivity contribution in [1.29, 1.82) is 0 Å². The number of amides is 1. The van der Waals surface area contributed by atoms with Crippen LogP contribution in [0, 0.1) is 5.41 Å². The van der Waals surface area contributed by atoms with Crippen LogP contribution in [0.25, 0.3) is 0 Å². The molecule has 0 unspecified atom stereocenters. The molecule has 1 heterocycles. The van der Waals surface area contributed by atoms with Crippen molar-refractivity contribution in [3.05, 3.63) is 12.2 Å². The molecule has 0 bridgehead atoms. The van der Waals surface area contributed by atoms with Crippen LogP contribution in [0.2, 0.25) is 0 Å². The van der Waals surface area contributed by atoms with Crippen LogP contribution < -0.4 is 0 Å². The summed E-state index contributed by atoms with van der Waals surface area (Å²) in [6, 6.07) is 0. The number of carbonyl (C=O) groups is 1. The van der Waals surface area contributed by atoms with Crippen LogP contribution in [-0.4, -0.2) is 23.9 Å². The largest absolute Gasteiger partial charge is 0.342 e. The van der Waals surface area contributed by atoms with Crippen LogP contribution in [0.15, 0.2) is 12.2 Å². The molecule has 1 saturated heterocycles. The van der Waals surface area contributed by atoms with Gasteiger partial charge in [0.05, 0.1) is 0 Å². The lowest BCUT2D eigenvalue weighted by Gasteiger charge is -2.42. The summed E-state index contributed by atoms with van der Waals surface area (Å²) >= 11 is 0. The number of hydrogen-bond acceptors (Lipinski definition) is 1. The summed E-state index contributed by atoms with van der Waals surface area (Å²) in [5.41, 5.74) is 1.28. The molecule has 2 aliphatic rings. The van der Waals surface area contributed by atoms with Crippen molar-refractivity contribution in [2.45, 2.75) is 39.0 Å². The Labute approximate surface area is 86.0 Å². The summed E-state index contributed by atoms with van der Waals surface area (Å²) in [5.74, 6) is 0.385. The van der Waals surface area contributed by atoms with Gasteiger partial charge in [-0.25, -0.2) is 0 Å². The minimum Gasteiger partial charge on any atom is -0.342 e. The minimum absolute atomic E-state index is 0.0152. The number of carbonyl (C=O) groups excluding carboxylic acids is 1. The molecule has 0 aromatic carbocycles. The van der Waals surface area contributed by atoms with Gasteiger partial charge < -0.3 is 4.90 Å². The molecule has 1 amide bonds. The Morgan fingerprint density at radius 1 is 1.36 bits per heavy atom. The minimum atomic E-state index is -0.0152. The fourth-order valence-corrected chi connectivity index (χ4v) is 2.33. The number of nitrogens with zero attached hydrogens (tertiary/aromatic N) is 1. The van der Waals surface area contributed by atoms with Crippen LogP contribution in [-0.2, 0) is 4.79 Å². The van der Waals surface area contributed by atoms with E-state index < -0.39 is 0 Å². The van der Waals surface area contributed by atoms with Gasteiger partial charge in [-0.1, -0.05) is 25.5 Å². The number of likely N-dealkylation sites (tertiary alicyclic amines) is 1. The van der Waals surface area contributed by atoms with E-state index in [0.29, 0.717) is 5.91 Å². The second-order valence-electron chi connectivity index (χ2n) is 4.96. The van der Waals surface area contributed by atoms with E-state index in [0.717, 1.165) is 38.8 Å². The Bertz CT molecular complexity index is 255. The lowest BCUT2D eigenvalue weighted by atomic mass is 9.69. The molecule has 1 aliphatic heterocycles. The monoisotopic (exact) mass is 193 g/mol. The van der Waals surface area contributed by atoms with Gasteiger partial charge in [0, 0.05) is 18.5 Å². The fraction of sp³-hybridized carbons (Fsp3) is 0.750. The van der Waals surface area contributed by atoms with Crippen molar-refractivity contribution < 1.29 is 4.79 Å². The van der Waals surface area contributed by atoms with Gasteiger partial charge in [0.2, 0.25) is 5.91 Å². The topological polar surface area (TPSA) is 20.3 Å². The van der Waals surface area contributed by atoms with Crippen molar-refractivity contribution >= 4 is 5.91 Å². The lowest BCUT2D eigenvalue weighted by Crippen LogP contribution is -2.48. The quantitative estimate of drug-likeness (QED) is 0.585. The van der Waals surface area contributed by atoms with Crippen LogP contribution in [0.5, 0.6) is 0 Å². The average molecular weight is 193 g/mol. The molecule has 2 heteroatoms. The zero-order valence-electron chi connectivity index (χ0n) is 9.01. The van der Waals surface area contributed by atoms with Gasteiger partial charge >= 0.3 is 0 Å². The van der Waals surface area contributed by atoms with Crippen molar-refractivity contribution in [3.8, 4) is 0 Å². The highest BCUT2D eigenvalue weighted by atomic mass is 16.2. The first kappa shape index (κ1) is 9.75. The Kier molecular flexibility index (Phi) is 2.38. The molecule has 1 saturated carbocycles. The first-order chi connectivity index (χ1) is 6.62. The summed E-state index contributed by atoms with van der Waals surface area (Å²) in [4.78, 5) is 14.1. The van der Waals surface area contributed by atoms with Crippen LogP contribution in [0.4, 0.5) is 0 Å².